The molecule has 0 heterocycles. The third kappa shape index (κ3) is 6.30. The lowest BCUT2D eigenvalue weighted by molar-refractivity contribution is -0.116. The number of carbonyl (C=O) groups excluding carboxylic acids is 1. The molecule has 0 aliphatic heterocycles. The predicted molar refractivity (Wildman–Crippen MR) is 96.2 cm³/mol. The summed E-state index contributed by atoms with van der Waals surface area (Å²) in [6, 6.07) is 15.3. The van der Waals surface area contributed by atoms with E-state index in [2.05, 4.69) is 5.32 Å². The summed E-state index contributed by atoms with van der Waals surface area (Å²) < 4.78 is 5.57. The van der Waals surface area contributed by atoms with Crippen molar-refractivity contribution in [1.29, 1.82) is 0 Å². The Morgan fingerprint density at radius 2 is 1.91 bits per heavy atom. The summed E-state index contributed by atoms with van der Waals surface area (Å²) in [6.07, 6.45) is 0.309. The van der Waals surface area contributed by atoms with E-state index in [0.717, 1.165) is 22.6 Å². The fourth-order valence-corrected chi connectivity index (χ4v) is 2.06. The van der Waals surface area contributed by atoms with Crippen molar-refractivity contribution in [2.24, 2.45) is 5.73 Å². The normalized spacial score (nSPS) is 11.3. The van der Waals surface area contributed by atoms with Crippen LogP contribution in [0.3, 0.4) is 0 Å². The number of aryl methyl sites for hydroxylation is 1. The largest absolute Gasteiger partial charge is 0.493 e. The Morgan fingerprint density at radius 1 is 1.22 bits per heavy atom. The van der Waals surface area contributed by atoms with E-state index in [4.69, 9.17) is 10.5 Å². The quantitative estimate of drug-likeness (QED) is 0.843. The standard InChI is InChI=1S/C18H22N2O2.ClH/c1-13-4-3-5-17(12-13)22-11-10-18(21)20-16-8-6-15(7-9-16)14(2)19;/h3-9,12,14H,10-11,19H2,1-2H3,(H,20,21);1H. The maximum Gasteiger partial charge on any atom is 0.227 e. The van der Waals surface area contributed by atoms with Gasteiger partial charge in [0.15, 0.2) is 0 Å². The van der Waals surface area contributed by atoms with E-state index in [1.165, 1.54) is 0 Å². The average molecular weight is 335 g/mol. The number of ether oxygens (including phenoxy) is 1. The van der Waals surface area contributed by atoms with Gasteiger partial charge in [-0.1, -0.05) is 24.3 Å². The van der Waals surface area contributed by atoms with Crippen LogP contribution in [-0.2, 0) is 4.79 Å². The molecule has 2 aromatic rings. The molecule has 0 bridgehead atoms. The summed E-state index contributed by atoms with van der Waals surface area (Å²) in [5, 5.41) is 2.85. The monoisotopic (exact) mass is 334 g/mol. The summed E-state index contributed by atoms with van der Waals surface area (Å²) in [5.74, 6) is 0.718. The third-order valence-electron chi connectivity index (χ3n) is 3.31. The SMILES string of the molecule is Cc1cccc(OCCC(=O)Nc2ccc(C(C)N)cc2)c1.Cl. The number of hydrogen-bond donors (Lipinski definition) is 2. The smallest absolute Gasteiger partial charge is 0.227 e. The van der Waals surface area contributed by atoms with E-state index in [9.17, 15) is 4.79 Å². The highest BCUT2D eigenvalue weighted by molar-refractivity contribution is 5.90. The van der Waals surface area contributed by atoms with Gasteiger partial charge in [-0.3, -0.25) is 4.79 Å². The Morgan fingerprint density at radius 3 is 2.52 bits per heavy atom. The van der Waals surface area contributed by atoms with Gasteiger partial charge in [-0.2, -0.15) is 0 Å². The van der Waals surface area contributed by atoms with Crippen LogP contribution in [0.5, 0.6) is 5.75 Å². The second-order valence-electron chi connectivity index (χ2n) is 5.37. The van der Waals surface area contributed by atoms with Crippen molar-refractivity contribution in [3.8, 4) is 5.75 Å². The van der Waals surface area contributed by atoms with Gasteiger partial charge in [0.2, 0.25) is 5.91 Å². The van der Waals surface area contributed by atoms with Gasteiger partial charge in [-0.05, 0) is 49.2 Å². The first kappa shape index (κ1) is 19.0. The molecule has 0 aromatic heterocycles. The molecule has 3 N–H and O–H groups in total. The summed E-state index contributed by atoms with van der Waals surface area (Å²) in [5.41, 5.74) is 8.74. The lowest BCUT2D eigenvalue weighted by atomic mass is 10.1. The van der Waals surface area contributed by atoms with Gasteiger partial charge in [-0.15, -0.1) is 12.4 Å². The van der Waals surface area contributed by atoms with E-state index in [-0.39, 0.29) is 24.4 Å². The zero-order valence-corrected chi connectivity index (χ0v) is 14.2. The van der Waals surface area contributed by atoms with Gasteiger partial charge in [0.1, 0.15) is 5.75 Å². The van der Waals surface area contributed by atoms with Crippen LogP contribution >= 0.6 is 12.4 Å². The van der Waals surface area contributed by atoms with Crippen LogP contribution in [0.1, 0.15) is 30.5 Å². The first-order valence-corrected chi connectivity index (χ1v) is 7.39. The number of amides is 1. The molecular weight excluding hydrogens is 312 g/mol. The molecule has 0 aliphatic carbocycles. The van der Waals surface area contributed by atoms with Crippen molar-refractivity contribution >= 4 is 24.0 Å². The molecule has 1 atom stereocenters. The van der Waals surface area contributed by atoms with E-state index in [1.54, 1.807) is 0 Å². The number of nitrogens with two attached hydrogens (primary N) is 1. The van der Waals surface area contributed by atoms with Crippen LogP contribution in [0, 0.1) is 6.92 Å². The molecule has 0 spiro atoms. The maximum atomic E-state index is 11.9. The first-order chi connectivity index (χ1) is 10.5. The molecule has 2 aromatic carbocycles. The van der Waals surface area contributed by atoms with Crippen LogP contribution in [-0.4, -0.2) is 12.5 Å². The van der Waals surface area contributed by atoms with Crippen molar-refractivity contribution in [1.82, 2.24) is 0 Å². The van der Waals surface area contributed by atoms with E-state index in [0.29, 0.717) is 13.0 Å². The predicted octanol–water partition coefficient (Wildman–Crippen LogP) is 3.84. The maximum absolute atomic E-state index is 11.9. The van der Waals surface area contributed by atoms with Gasteiger partial charge in [0, 0.05) is 11.7 Å². The van der Waals surface area contributed by atoms with Gasteiger partial charge in [-0.25, -0.2) is 0 Å². The molecule has 4 nitrogen and oxygen atoms in total. The minimum Gasteiger partial charge on any atom is -0.493 e. The minimum atomic E-state index is -0.0683. The van der Waals surface area contributed by atoms with Crippen molar-refractivity contribution < 1.29 is 9.53 Å². The zero-order valence-electron chi connectivity index (χ0n) is 13.4. The number of nitrogens with one attached hydrogen (secondary N) is 1. The molecule has 23 heavy (non-hydrogen) atoms. The Balaban J connectivity index is 0.00000264. The van der Waals surface area contributed by atoms with Crippen LogP contribution in [0.25, 0.3) is 0 Å². The number of carbonyl (C=O) groups is 1. The highest BCUT2D eigenvalue weighted by atomic mass is 35.5. The molecule has 1 unspecified atom stereocenters. The van der Waals surface area contributed by atoms with Crippen LogP contribution < -0.4 is 15.8 Å². The lowest BCUT2D eigenvalue weighted by Crippen LogP contribution is -2.15. The van der Waals surface area contributed by atoms with E-state index >= 15 is 0 Å². The summed E-state index contributed by atoms with van der Waals surface area (Å²) >= 11 is 0. The number of halogens is 1. The Bertz CT molecular complexity index is 627. The summed E-state index contributed by atoms with van der Waals surface area (Å²) in [4.78, 5) is 11.9. The fraction of sp³-hybridized carbons (Fsp3) is 0.278. The van der Waals surface area contributed by atoms with Crippen LogP contribution in [0.4, 0.5) is 5.69 Å². The van der Waals surface area contributed by atoms with Gasteiger partial charge in [0.25, 0.3) is 0 Å². The van der Waals surface area contributed by atoms with E-state index < -0.39 is 0 Å². The lowest BCUT2D eigenvalue weighted by Gasteiger charge is -2.09. The topological polar surface area (TPSA) is 64.3 Å². The molecule has 0 radical (unpaired) electrons. The van der Waals surface area contributed by atoms with Crippen molar-refractivity contribution in [2.75, 3.05) is 11.9 Å². The molecule has 2 rings (SSSR count). The zero-order chi connectivity index (χ0) is 15.9. The summed E-state index contributed by atoms with van der Waals surface area (Å²) in [7, 11) is 0. The van der Waals surface area contributed by atoms with Crippen molar-refractivity contribution in [2.45, 2.75) is 26.3 Å². The summed E-state index contributed by atoms with van der Waals surface area (Å²) in [6.45, 7) is 4.29. The van der Waals surface area contributed by atoms with Crippen LogP contribution in [0.2, 0.25) is 0 Å². The molecular formula is C18H23ClN2O2. The number of hydrogen-bond acceptors (Lipinski definition) is 3. The molecule has 0 fully saturated rings. The van der Waals surface area contributed by atoms with E-state index in [1.807, 2.05) is 62.4 Å². The average Bonchev–Trinajstić information content (AvgIpc) is 2.48. The van der Waals surface area contributed by atoms with Gasteiger partial charge < -0.3 is 15.8 Å². The number of rotatable bonds is 6. The number of anilines is 1. The second-order valence-corrected chi connectivity index (χ2v) is 5.37. The molecule has 124 valence electrons. The molecule has 5 heteroatoms. The third-order valence-corrected chi connectivity index (χ3v) is 3.31. The molecule has 0 aliphatic rings. The van der Waals surface area contributed by atoms with Gasteiger partial charge >= 0.3 is 0 Å². The van der Waals surface area contributed by atoms with Crippen LogP contribution in [0.15, 0.2) is 48.5 Å². The van der Waals surface area contributed by atoms with Crippen molar-refractivity contribution in [3.63, 3.8) is 0 Å². The minimum absolute atomic E-state index is 0. The van der Waals surface area contributed by atoms with Gasteiger partial charge in [0.05, 0.1) is 13.0 Å². The number of benzene rings is 2. The first-order valence-electron chi connectivity index (χ1n) is 7.39. The Kier molecular flexibility index (Phi) is 7.59. The molecule has 0 saturated carbocycles. The fourth-order valence-electron chi connectivity index (χ4n) is 2.06. The molecule has 0 saturated heterocycles. The highest BCUT2D eigenvalue weighted by Crippen LogP contribution is 2.15. The Hall–Kier alpha value is -2.04. The Labute approximate surface area is 143 Å². The second kappa shape index (κ2) is 9.18. The highest BCUT2D eigenvalue weighted by Gasteiger charge is 2.04. The molecule has 1 amide bonds. The van der Waals surface area contributed by atoms with Crippen molar-refractivity contribution in [3.05, 3.63) is 59.7 Å².